The lowest BCUT2D eigenvalue weighted by atomic mass is 10.1. The lowest BCUT2D eigenvalue weighted by Crippen LogP contribution is -2.26. The normalized spacial score (nSPS) is 12.1. The van der Waals surface area contributed by atoms with E-state index < -0.39 is 0 Å². The minimum absolute atomic E-state index is 0.00741. The van der Waals surface area contributed by atoms with Crippen LogP contribution in [0, 0.1) is 6.92 Å². The maximum atomic E-state index is 12.0. The van der Waals surface area contributed by atoms with Gasteiger partial charge in [0, 0.05) is 12.4 Å². The summed E-state index contributed by atoms with van der Waals surface area (Å²) >= 11 is 1.47. The number of nitrogens with zero attached hydrogens (tertiary/aromatic N) is 1. The second-order valence-corrected chi connectivity index (χ2v) is 4.82. The van der Waals surface area contributed by atoms with Crippen LogP contribution < -0.4 is 5.32 Å². The number of hydrogen-bond acceptors (Lipinski definition) is 3. The summed E-state index contributed by atoms with van der Waals surface area (Å²) in [5, 5.41) is 4.91. The SMILES string of the molecule is Cc1ccsc1C(=O)NC(C)c1ccncc1. The Hall–Kier alpha value is -1.68. The second-order valence-electron chi connectivity index (χ2n) is 3.91. The van der Waals surface area contributed by atoms with Crippen LogP contribution in [0.1, 0.15) is 33.8 Å². The summed E-state index contributed by atoms with van der Waals surface area (Å²) in [5.74, 6) is -0.0122. The average Bonchev–Trinajstić information content (AvgIpc) is 2.76. The minimum atomic E-state index is -0.0122. The number of pyridine rings is 1. The van der Waals surface area contributed by atoms with Gasteiger partial charge in [0.25, 0.3) is 5.91 Å². The Kier molecular flexibility index (Phi) is 3.54. The molecule has 0 fully saturated rings. The average molecular weight is 246 g/mol. The van der Waals surface area contributed by atoms with Gasteiger partial charge in [-0.3, -0.25) is 9.78 Å². The first-order chi connectivity index (χ1) is 8.18. The van der Waals surface area contributed by atoms with Crippen molar-refractivity contribution in [2.24, 2.45) is 0 Å². The lowest BCUT2D eigenvalue weighted by molar-refractivity contribution is 0.0943. The van der Waals surface area contributed by atoms with Gasteiger partial charge in [0.15, 0.2) is 0 Å². The van der Waals surface area contributed by atoms with Crippen molar-refractivity contribution < 1.29 is 4.79 Å². The molecule has 1 atom stereocenters. The molecule has 2 aromatic rings. The van der Waals surface area contributed by atoms with Crippen molar-refractivity contribution in [3.63, 3.8) is 0 Å². The smallest absolute Gasteiger partial charge is 0.262 e. The van der Waals surface area contributed by atoms with Gasteiger partial charge in [-0.2, -0.15) is 0 Å². The van der Waals surface area contributed by atoms with E-state index in [2.05, 4.69) is 10.3 Å². The predicted octanol–water partition coefficient (Wildman–Crippen LogP) is 2.94. The summed E-state index contributed by atoms with van der Waals surface area (Å²) in [5.41, 5.74) is 2.08. The molecule has 2 rings (SSSR count). The molecule has 88 valence electrons. The molecule has 1 N–H and O–H groups in total. The number of hydrogen-bond donors (Lipinski definition) is 1. The number of rotatable bonds is 3. The van der Waals surface area contributed by atoms with Crippen LogP contribution in [0.15, 0.2) is 36.0 Å². The van der Waals surface area contributed by atoms with Crippen molar-refractivity contribution in [3.8, 4) is 0 Å². The molecule has 0 saturated heterocycles. The number of aryl methyl sites for hydroxylation is 1. The highest BCUT2D eigenvalue weighted by atomic mass is 32.1. The van der Waals surface area contributed by atoms with Crippen LogP contribution in [0.25, 0.3) is 0 Å². The quantitative estimate of drug-likeness (QED) is 0.904. The fourth-order valence-corrected chi connectivity index (χ4v) is 2.43. The summed E-state index contributed by atoms with van der Waals surface area (Å²) in [6.07, 6.45) is 3.46. The molecular formula is C13H14N2OS. The van der Waals surface area contributed by atoms with Crippen molar-refractivity contribution in [3.05, 3.63) is 52.0 Å². The van der Waals surface area contributed by atoms with E-state index in [1.54, 1.807) is 12.4 Å². The topological polar surface area (TPSA) is 42.0 Å². The maximum Gasteiger partial charge on any atom is 0.262 e. The van der Waals surface area contributed by atoms with Crippen LogP contribution in [-0.4, -0.2) is 10.9 Å². The van der Waals surface area contributed by atoms with Crippen molar-refractivity contribution in [2.75, 3.05) is 0 Å². The monoisotopic (exact) mass is 246 g/mol. The standard InChI is InChI=1S/C13H14N2OS/c1-9-5-8-17-12(9)13(16)15-10(2)11-3-6-14-7-4-11/h3-8,10H,1-2H3,(H,15,16). The summed E-state index contributed by atoms with van der Waals surface area (Å²) < 4.78 is 0. The molecule has 0 saturated carbocycles. The summed E-state index contributed by atoms with van der Waals surface area (Å²) in [7, 11) is 0. The van der Waals surface area contributed by atoms with Gasteiger partial charge >= 0.3 is 0 Å². The molecular weight excluding hydrogens is 232 g/mol. The van der Waals surface area contributed by atoms with E-state index in [1.807, 2.05) is 37.4 Å². The number of carbonyl (C=O) groups is 1. The van der Waals surface area contributed by atoms with E-state index in [1.165, 1.54) is 11.3 Å². The third-order valence-electron chi connectivity index (χ3n) is 2.62. The molecule has 17 heavy (non-hydrogen) atoms. The van der Waals surface area contributed by atoms with Crippen molar-refractivity contribution in [1.82, 2.24) is 10.3 Å². The Morgan fingerprint density at radius 2 is 2.06 bits per heavy atom. The predicted molar refractivity (Wildman–Crippen MR) is 69.2 cm³/mol. The Morgan fingerprint density at radius 3 is 2.65 bits per heavy atom. The van der Waals surface area contributed by atoms with Gasteiger partial charge in [-0.25, -0.2) is 0 Å². The van der Waals surface area contributed by atoms with Crippen LogP contribution in [0.3, 0.4) is 0 Å². The maximum absolute atomic E-state index is 12.0. The molecule has 0 aliphatic heterocycles. The molecule has 0 aliphatic rings. The highest BCUT2D eigenvalue weighted by molar-refractivity contribution is 7.12. The summed E-state index contributed by atoms with van der Waals surface area (Å²) in [6, 6.07) is 5.77. The fourth-order valence-electron chi connectivity index (χ4n) is 1.60. The number of nitrogens with one attached hydrogen (secondary N) is 1. The molecule has 0 aliphatic carbocycles. The first-order valence-corrected chi connectivity index (χ1v) is 6.31. The number of carbonyl (C=O) groups excluding carboxylic acids is 1. The van der Waals surface area contributed by atoms with Gasteiger partial charge in [-0.1, -0.05) is 0 Å². The molecule has 0 spiro atoms. The molecule has 3 nitrogen and oxygen atoms in total. The third kappa shape index (κ3) is 2.71. The second kappa shape index (κ2) is 5.10. The Balaban J connectivity index is 2.08. The number of amides is 1. The lowest BCUT2D eigenvalue weighted by Gasteiger charge is -2.13. The molecule has 1 unspecified atom stereocenters. The number of thiophene rings is 1. The number of aromatic nitrogens is 1. The van der Waals surface area contributed by atoms with Crippen LogP contribution in [-0.2, 0) is 0 Å². The van der Waals surface area contributed by atoms with Gasteiger partial charge in [-0.05, 0) is 48.6 Å². The third-order valence-corrected chi connectivity index (χ3v) is 3.64. The van der Waals surface area contributed by atoms with E-state index in [9.17, 15) is 4.79 Å². The van der Waals surface area contributed by atoms with Crippen LogP contribution in [0.4, 0.5) is 0 Å². The highest BCUT2D eigenvalue weighted by Crippen LogP contribution is 2.17. The van der Waals surface area contributed by atoms with E-state index in [0.717, 1.165) is 16.0 Å². The highest BCUT2D eigenvalue weighted by Gasteiger charge is 2.13. The van der Waals surface area contributed by atoms with Gasteiger partial charge in [0.1, 0.15) is 0 Å². The van der Waals surface area contributed by atoms with Crippen molar-refractivity contribution >= 4 is 17.2 Å². The van der Waals surface area contributed by atoms with Crippen LogP contribution in [0.5, 0.6) is 0 Å². The fraction of sp³-hybridized carbons (Fsp3) is 0.231. The zero-order valence-electron chi connectivity index (χ0n) is 9.81. The van der Waals surface area contributed by atoms with E-state index in [0.29, 0.717) is 0 Å². The molecule has 0 radical (unpaired) electrons. The first kappa shape index (κ1) is 11.8. The molecule has 2 aromatic heterocycles. The van der Waals surface area contributed by atoms with Crippen molar-refractivity contribution in [1.29, 1.82) is 0 Å². The van der Waals surface area contributed by atoms with Gasteiger partial charge in [0.2, 0.25) is 0 Å². The van der Waals surface area contributed by atoms with Crippen LogP contribution >= 0.6 is 11.3 Å². The molecule has 0 aromatic carbocycles. The summed E-state index contributed by atoms with van der Waals surface area (Å²) in [6.45, 7) is 3.92. The first-order valence-electron chi connectivity index (χ1n) is 5.43. The van der Waals surface area contributed by atoms with Gasteiger partial charge in [-0.15, -0.1) is 11.3 Å². The Bertz CT molecular complexity index is 507. The zero-order chi connectivity index (χ0) is 12.3. The molecule has 0 bridgehead atoms. The largest absolute Gasteiger partial charge is 0.345 e. The summed E-state index contributed by atoms with van der Waals surface area (Å²) in [4.78, 5) is 16.7. The van der Waals surface area contributed by atoms with E-state index >= 15 is 0 Å². The van der Waals surface area contributed by atoms with Crippen molar-refractivity contribution in [2.45, 2.75) is 19.9 Å². The molecule has 2 heterocycles. The van der Waals surface area contributed by atoms with Gasteiger partial charge < -0.3 is 5.32 Å². The van der Waals surface area contributed by atoms with Gasteiger partial charge in [0.05, 0.1) is 10.9 Å². The minimum Gasteiger partial charge on any atom is -0.345 e. The van der Waals surface area contributed by atoms with Crippen LogP contribution in [0.2, 0.25) is 0 Å². The molecule has 1 amide bonds. The Morgan fingerprint density at radius 1 is 1.35 bits per heavy atom. The Labute approximate surface area is 105 Å². The van der Waals surface area contributed by atoms with E-state index in [-0.39, 0.29) is 11.9 Å². The van der Waals surface area contributed by atoms with E-state index in [4.69, 9.17) is 0 Å². The zero-order valence-corrected chi connectivity index (χ0v) is 10.6. The molecule has 4 heteroatoms.